The van der Waals surface area contributed by atoms with Crippen LogP contribution in [0.3, 0.4) is 0 Å². The van der Waals surface area contributed by atoms with Crippen LogP contribution < -0.4 is 5.32 Å². The van der Waals surface area contributed by atoms with Crippen LogP contribution in [0.1, 0.15) is 107 Å². The summed E-state index contributed by atoms with van der Waals surface area (Å²) in [6.45, 7) is 9.76. The van der Waals surface area contributed by atoms with E-state index in [1.165, 1.54) is 44.9 Å². The van der Waals surface area contributed by atoms with Crippen LogP contribution >= 0.6 is 0 Å². The largest absolute Gasteiger partial charge is 0.480 e. The lowest BCUT2D eigenvalue weighted by Crippen LogP contribution is -2.43. The Bertz CT molecular complexity index is 1420. The third-order valence-corrected chi connectivity index (χ3v) is 10.0. The molecule has 0 aromatic heterocycles. The van der Waals surface area contributed by atoms with Crippen LogP contribution in [0, 0.1) is 12.8 Å². The number of hydrogen-bond donors (Lipinski definition) is 2. The van der Waals surface area contributed by atoms with Crippen LogP contribution in [-0.2, 0) is 25.9 Å². The van der Waals surface area contributed by atoms with Crippen molar-refractivity contribution in [3.8, 4) is 11.1 Å². The number of ether oxygens (including phenoxy) is 1. The molecule has 0 aliphatic heterocycles. The van der Waals surface area contributed by atoms with Gasteiger partial charge in [0.05, 0.1) is 18.0 Å². The van der Waals surface area contributed by atoms with Gasteiger partial charge in [-0.15, -0.1) is 0 Å². The lowest BCUT2D eigenvalue weighted by Gasteiger charge is -2.37. The Morgan fingerprint density at radius 3 is 2.28 bits per heavy atom. The first kappa shape index (κ1) is 37.7. The molecule has 2 saturated carbocycles. The van der Waals surface area contributed by atoms with Crippen molar-refractivity contribution in [2.24, 2.45) is 5.92 Å². The molecule has 0 saturated heterocycles. The van der Waals surface area contributed by atoms with Crippen molar-refractivity contribution in [1.82, 2.24) is 10.2 Å². The van der Waals surface area contributed by atoms with Gasteiger partial charge in [-0.05, 0) is 93.7 Å². The monoisotopic (exact) mass is 656 g/mol. The Labute approximate surface area is 277 Å². The van der Waals surface area contributed by atoms with E-state index in [0.717, 1.165) is 41.5 Å². The number of rotatable bonds is 15. The van der Waals surface area contributed by atoms with E-state index in [4.69, 9.17) is 4.74 Å². The summed E-state index contributed by atoms with van der Waals surface area (Å²) in [4.78, 5) is 28.2. The molecule has 0 unspecified atom stereocenters. The third kappa shape index (κ3) is 11.5. The zero-order chi connectivity index (χ0) is 32.8. The molecule has 9 heteroatoms. The topological polar surface area (TPSA) is 113 Å². The van der Waals surface area contributed by atoms with Crippen molar-refractivity contribution in [2.75, 3.05) is 18.6 Å². The van der Waals surface area contributed by atoms with E-state index in [-0.39, 0.29) is 25.2 Å². The third-order valence-electron chi connectivity index (χ3n) is 9.03. The fourth-order valence-electron chi connectivity index (χ4n) is 6.44. The van der Waals surface area contributed by atoms with Gasteiger partial charge in [0, 0.05) is 30.4 Å². The number of carbonyl (C=O) groups is 2. The Kier molecular flexibility index (Phi) is 13.4. The fourth-order valence-corrected chi connectivity index (χ4v) is 7.10. The summed E-state index contributed by atoms with van der Waals surface area (Å²) in [5.41, 5.74) is 3.88. The second kappa shape index (κ2) is 16.4. The first-order chi connectivity index (χ1) is 21.2. The van der Waals surface area contributed by atoms with Gasteiger partial charge in [-0.2, -0.15) is 0 Å². The van der Waals surface area contributed by atoms with Gasteiger partial charge in [0.15, 0.2) is 0 Å². The van der Waals surface area contributed by atoms with E-state index >= 15 is 0 Å². The van der Waals surface area contributed by atoms with E-state index in [1.807, 2.05) is 37.3 Å². The molecule has 46 heavy (non-hydrogen) atoms. The maximum Gasteiger partial charge on any atom is 0.326 e. The molecule has 2 fully saturated rings. The summed E-state index contributed by atoms with van der Waals surface area (Å²) in [5, 5.41) is 12.3. The summed E-state index contributed by atoms with van der Waals surface area (Å²) < 4.78 is 29.8. The molecule has 4 rings (SSSR count). The first-order valence-electron chi connectivity index (χ1n) is 16.5. The molecule has 2 aromatic carbocycles. The Balaban J connectivity index is 0.00000576. The molecule has 2 atom stereocenters. The highest BCUT2D eigenvalue weighted by Gasteiger charge is 2.36. The smallest absolute Gasteiger partial charge is 0.326 e. The van der Waals surface area contributed by atoms with Gasteiger partial charge in [0.1, 0.15) is 15.9 Å². The van der Waals surface area contributed by atoms with Gasteiger partial charge < -0.3 is 15.2 Å². The van der Waals surface area contributed by atoms with Gasteiger partial charge in [0.25, 0.3) is 5.91 Å². The number of amides is 1. The maximum atomic E-state index is 13.6. The van der Waals surface area contributed by atoms with Crippen molar-refractivity contribution in [3.05, 3.63) is 59.2 Å². The van der Waals surface area contributed by atoms with E-state index < -0.39 is 27.8 Å². The molecule has 2 aliphatic carbocycles. The Hall–Kier alpha value is -2.75. The van der Waals surface area contributed by atoms with Gasteiger partial charge in [-0.25, -0.2) is 13.2 Å². The number of aryl methyl sites for hydroxylation is 1. The summed E-state index contributed by atoms with van der Waals surface area (Å²) in [7, 11) is -3.39. The van der Waals surface area contributed by atoms with Crippen LogP contribution in [0.15, 0.2) is 42.5 Å². The zero-order valence-electron chi connectivity index (χ0n) is 27.7. The van der Waals surface area contributed by atoms with Crippen molar-refractivity contribution in [2.45, 2.75) is 123 Å². The molecular weight excluding hydrogens is 600 g/mol. The number of carbonyl (C=O) groups excluding carboxylic acids is 1. The second-order valence-corrected chi connectivity index (χ2v) is 16.5. The lowest BCUT2D eigenvalue weighted by molar-refractivity contribution is -0.139. The van der Waals surface area contributed by atoms with Crippen molar-refractivity contribution in [3.63, 3.8) is 0 Å². The minimum absolute atomic E-state index is 0. The minimum atomic E-state index is -3.39. The van der Waals surface area contributed by atoms with Gasteiger partial charge >= 0.3 is 5.97 Å². The highest BCUT2D eigenvalue weighted by Crippen LogP contribution is 2.36. The minimum Gasteiger partial charge on any atom is -0.480 e. The molecule has 256 valence electrons. The number of nitrogens with one attached hydrogen (secondary N) is 1. The van der Waals surface area contributed by atoms with Gasteiger partial charge in [0.2, 0.25) is 0 Å². The van der Waals surface area contributed by atoms with Crippen molar-refractivity contribution in [1.29, 1.82) is 0 Å². The average Bonchev–Trinajstić information content (AvgIpc) is 3.81. The van der Waals surface area contributed by atoms with Gasteiger partial charge in [-0.1, -0.05) is 69.9 Å². The summed E-state index contributed by atoms with van der Waals surface area (Å²) >= 11 is 0. The normalized spacial score (nSPS) is 17.3. The molecule has 2 aromatic rings. The number of sulfone groups is 1. The van der Waals surface area contributed by atoms with E-state index in [1.54, 1.807) is 6.07 Å². The molecule has 0 radical (unpaired) electrons. The number of carboxylic acid groups (broad SMARTS) is 1. The van der Waals surface area contributed by atoms with Crippen molar-refractivity contribution < 1.29 is 27.9 Å². The SMILES string of the molecule is C.Cc1ccccc1-c1cc(CN(C2CC2)[C@@H](COC(C)(C)C)CC2CCCCC2)ccc1C(=O)N[C@@H](CCS(C)(=O)=O)C(=O)O. The molecule has 0 bridgehead atoms. The zero-order valence-corrected chi connectivity index (χ0v) is 28.5. The summed E-state index contributed by atoms with van der Waals surface area (Å²) in [6, 6.07) is 13.2. The number of benzene rings is 2. The molecule has 0 spiro atoms. The molecule has 1 amide bonds. The first-order valence-corrected chi connectivity index (χ1v) is 18.6. The van der Waals surface area contributed by atoms with E-state index in [2.05, 4.69) is 37.1 Å². The second-order valence-electron chi connectivity index (χ2n) is 14.2. The number of hydrogen-bond acceptors (Lipinski definition) is 6. The molecule has 0 heterocycles. The molecular formula is C37H56N2O6S. The predicted molar refractivity (Wildman–Crippen MR) is 186 cm³/mol. The summed E-state index contributed by atoms with van der Waals surface area (Å²) in [5.74, 6) is -1.41. The van der Waals surface area contributed by atoms with Crippen LogP contribution in [0.2, 0.25) is 0 Å². The average molecular weight is 657 g/mol. The fraction of sp³-hybridized carbons (Fsp3) is 0.622. The molecule has 2 aliphatic rings. The predicted octanol–water partition coefficient (Wildman–Crippen LogP) is 7.03. The Morgan fingerprint density at radius 2 is 1.70 bits per heavy atom. The molecule has 8 nitrogen and oxygen atoms in total. The van der Waals surface area contributed by atoms with Crippen LogP contribution in [0.5, 0.6) is 0 Å². The maximum absolute atomic E-state index is 13.6. The van der Waals surface area contributed by atoms with Crippen LogP contribution in [-0.4, -0.2) is 72.6 Å². The van der Waals surface area contributed by atoms with Crippen molar-refractivity contribution >= 4 is 21.7 Å². The molecule has 2 N–H and O–H groups in total. The van der Waals surface area contributed by atoms with E-state index in [0.29, 0.717) is 30.2 Å². The summed E-state index contributed by atoms with van der Waals surface area (Å²) in [6.07, 6.45) is 10.8. The Morgan fingerprint density at radius 1 is 1.02 bits per heavy atom. The van der Waals surface area contributed by atoms with E-state index in [9.17, 15) is 23.1 Å². The van der Waals surface area contributed by atoms with Crippen LogP contribution in [0.4, 0.5) is 0 Å². The number of carboxylic acids is 1. The number of aliphatic carboxylic acids is 1. The number of nitrogens with zero attached hydrogens (tertiary/aromatic N) is 1. The van der Waals surface area contributed by atoms with Gasteiger partial charge in [-0.3, -0.25) is 9.69 Å². The lowest BCUT2D eigenvalue weighted by atomic mass is 9.84. The highest BCUT2D eigenvalue weighted by atomic mass is 32.2. The highest BCUT2D eigenvalue weighted by molar-refractivity contribution is 7.90. The quantitative estimate of drug-likeness (QED) is 0.212. The standard InChI is InChI=1S/C36H52N2O6S.CH4/c1-25-11-9-10-14-30(25)32-22-27(15-18-31(32)34(39)37-33(35(40)41)19-20-45(5,42)43)23-38(28-16-17-28)29(24-44-36(2,3)4)21-26-12-7-6-8-13-26;/h9-11,14-15,18,22,26,28-29,33H,6-8,12-13,16-17,19-21,23-24H2,1-5H3,(H,37,39)(H,40,41);1H4/t29-,33+;/m1./s1. The van der Waals surface area contributed by atoms with Crippen LogP contribution in [0.25, 0.3) is 11.1 Å².